The quantitative estimate of drug-likeness (QED) is 0.614. The molecule has 3 rings (SSSR count). The van der Waals surface area contributed by atoms with Crippen molar-refractivity contribution in [2.45, 2.75) is 60.0 Å². The molecule has 2 aromatic rings. The summed E-state index contributed by atoms with van der Waals surface area (Å²) in [6, 6.07) is 18.1. The van der Waals surface area contributed by atoms with Crippen LogP contribution in [-0.2, 0) is 11.3 Å². The maximum atomic E-state index is 12.9. The number of amides is 1. The molecule has 2 unspecified atom stereocenters. The summed E-state index contributed by atoms with van der Waals surface area (Å²) in [6.07, 6.45) is 0. The third kappa shape index (κ3) is 5.51. The Balaban J connectivity index is 1.81. The van der Waals surface area contributed by atoms with E-state index in [9.17, 15) is 4.79 Å². The van der Waals surface area contributed by atoms with Gasteiger partial charge in [-0.25, -0.2) is 0 Å². The van der Waals surface area contributed by atoms with Crippen LogP contribution in [0.2, 0.25) is 0 Å². The number of carbonyl (C=O) groups excluding carboxylic acids is 1. The first-order valence-corrected chi connectivity index (χ1v) is 11.4. The van der Waals surface area contributed by atoms with Crippen LogP contribution in [-0.4, -0.2) is 41.4 Å². The maximum Gasteiger partial charge on any atom is 0.225 e. The molecule has 0 radical (unpaired) electrons. The molecule has 1 amide bonds. The van der Waals surface area contributed by atoms with Gasteiger partial charge in [0.2, 0.25) is 5.91 Å². The van der Waals surface area contributed by atoms with Crippen molar-refractivity contribution in [2.75, 3.05) is 19.6 Å². The summed E-state index contributed by atoms with van der Waals surface area (Å²) in [6.45, 7) is 16.4. The lowest BCUT2D eigenvalue weighted by Gasteiger charge is -2.33. The predicted octanol–water partition coefficient (Wildman–Crippen LogP) is 5.41. The largest absolute Gasteiger partial charge is 0.340 e. The van der Waals surface area contributed by atoms with Gasteiger partial charge in [-0.1, -0.05) is 73.5 Å². The molecule has 0 aromatic heterocycles. The topological polar surface area (TPSA) is 23.6 Å². The Morgan fingerprint density at radius 2 is 1.50 bits per heavy atom. The highest BCUT2D eigenvalue weighted by atomic mass is 16.2. The number of carbonyl (C=O) groups is 1. The number of aryl methyl sites for hydroxylation is 2. The average Bonchev–Trinajstić information content (AvgIpc) is 3.10. The van der Waals surface area contributed by atoms with Gasteiger partial charge in [0.05, 0.1) is 0 Å². The molecule has 1 aliphatic heterocycles. The lowest BCUT2D eigenvalue weighted by atomic mass is 9.87. The van der Waals surface area contributed by atoms with Crippen LogP contribution < -0.4 is 0 Å². The van der Waals surface area contributed by atoms with Crippen molar-refractivity contribution in [1.82, 2.24) is 9.80 Å². The summed E-state index contributed by atoms with van der Waals surface area (Å²) < 4.78 is 0. The van der Waals surface area contributed by atoms with Crippen LogP contribution in [0.4, 0.5) is 0 Å². The zero-order valence-electron chi connectivity index (χ0n) is 19.6. The molecule has 2 aromatic carbocycles. The van der Waals surface area contributed by atoms with E-state index in [1.165, 1.54) is 22.3 Å². The van der Waals surface area contributed by atoms with Gasteiger partial charge in [-0.2, -0.15) is 0 Å². The molecule has 162 valence electrons. The average molecular weight is 407 g/mol. The molecule has 0 aliphatic carbocycles. The smallest absolute Gasteiger partial charge is 0.225 e. The Morgan fingerprint density at radius 1 is 0.933 bits per heavy atom. The van der Waals surface area contributed by atoms with Crippen molar-refractivity contribution in [3.05, 3.63) is 70.8 Å². The Labute approximate surface area is 183 Å². The number of hydrogen-bond acceptors (Lipinski definition) is 2. The number of likely N-dealkylation sites (tertiary alicyclic amines) is 1. The molecule has 0 N–H and O–H groups in total. The first-order valence-electron chi connectivity index (χ1n) is 11.4. The van der Waals surface area contributed by atoms with Crippen molar-refractivity contribution in [1.29, 1.82) is 0 Å². The number of nitrogens with zero attached hydrogens (tertiary/aromatic N) is 2. The second-order valence-corrected chi connectivity index (χ2v) is 9.70. The summed E-state index contributed by atoms with van der Waals surface area (Å²) >= 11 is 0. The highest BCUT2D eigenvalue weighted by Crippen LogP contribution is 2.35. The lowest BCUT2D eigenvalue weighted by Crippen LogP contribution is -2.43. The molecule has 0 spiro atoms. The van der Waals surface area contributed by atoms with E-state index in [2.05, 4.69) is 86.0 Å². The molecule has 30 heavy (non-hydrogen) atoms. The highest BCUT2D eigenvalue weighted by Gasteiger charge is 2.36. The number of rotatable bonds is 7. The molecule has 3 nitrogen and oxygen atoms in total. The lowest BCUT2D eigenvalue weighted by molar-refractivity contribution is -0.136. The van der Waals surface area contributed by atoms with Gasteiger partial charge in [0.1, 0.15) is 0 Å². The fourth-order valence-electron chi connectivity index (χ4n) is 4.56. The maximum absolute atomic E-state index is 12.9. The molecule has 1 aliphatic rings. The van der Waals surface area contributed by atoms with Crippen LogP contribution in [0.25, 0.3) is 0 Å². The molecule has 1 saturated heterocycles. The third-order valence-corrected chi connectivity index (χ3v) is 6.38. The van der Waals surface area contributed by atoms with Gasteiger partial charge in [-0.05, 0) is 44.7 Å². The minimum atomic E-state index is 0.0373. The first kappa shape index (κ1) is 22.6. The zero-order chi connectivity index (χ0) is 21.8. The van der Waals surface area contributed by atoms with Crippen LogP contribution in [0, 0.1) is 25.7 Å². The van der Waals surface area contributed by atoms with Crippen LogP contribution >= 0.6 is 0 Å². The van der Waals surface area contributed by atoms with Crippen LogP contribution in [0.3, 0.4) is 0 Å². The molecule has 0 saturated carbocycles. The molecular formula is C27H38N2O. The predicted molar refractivity (Wildman–Crippen MR) is 126 cm³/mol. The van der Waals surface area contributed by atoms with Gasteiger partial charge in [0.15, 0.2) is 0 Å². The van der Waals surface area contributed by atoms with Crippen molar-refractivity contribution in [2.24, 2.45) is 11.8 Å². The summed E-state index contributed by atoms with van der Waals surface area (Å²) in [5, 5.41) is 0. The van der Waals surface area contributed by atoms with Crippen molar-refractivity contribution in [3.63, 3.8) is 0 Å². The molecule has 2 atom stereocenters. The third-order valence-electron chi connectivity index (χ3n) is 6.38. The van der Waals surface area contributed by atoms with Crippen molar-refractivity contribution < 1.29 is 4.79 Å². The Hall–Kier alpha value is -2.13. The van der Waals surface area contributed by atoms with Gasteiger partial charge in [0.25, 0.3) is 0 Å². The fourth-order valence-corrected chi connectivity index (χ4v) is 4.56. The van der Waals surface area contributed by atoms with E-state index in [0.29, 0.717) is 11.8 Å². The highest BCUT2D eigenvalue weighted by molar-refractivity contribution is 5.78. The van der Waals surface area contributed by atoms with Crippen LogP contribution in [0.5, 0.6) is 0 Å². The molecule has 3 heteroatoms. The van der Waals surface area contributed by atoms with Crippen molar-refractivity contribution in [3.8, 4) is 0 Å². The Morgan fingerprint density at radius 3 is 2.03 bits per heavy atom. The Kier molecular flexibility index (Phi) is 7.36. The van der Waals surface area contributed by atoms with Crippen molar-refractivity contribution >= 4 is 5.91 Å². The monoisotopic (exact) mass is 406 g/mol. The zero-order valence-corrected chi connectivity index (χ0v) is 19.6. The first-order chi connectivity index (χ1) is 14.2. The Bertz CT molecular complexity index is 823. The van der Waals surface area contributed by atoms with Gasteiger partial charge in [0, 0.05) is 44.1 Å². The van der Waals surface area contributed by atoms with E-state index in [4.69, 9.17) is 0 Å². The second kappa shape index (κ2) is 9.78. The van der Waals surface area contributed by atoms with Gasteiger partial charge in [-0.3, -0.25) is 9.69 Å². The van der Waals surface area contributed by atoms with E-state index in [-0.39, 0.29) is 17.9 Å². The van der Waals surface area contributed by atoms with Gasteiger partial charge < -0.3 is 4.90 Å². The van der Waals surface area contributed by atoms with E-state index in [0.717, 1.165) is 26.2 Å². The SMILES string of the molecule is Cc1ccc(CN2CC(CN(C(=O)C(C)C)C(C)C)C(c3ccc(C)cc3)C2)cc1. The van der Waals surface area contributed by atoms with Gasteiger partial charge in [-0.15, -0.1) is 0 Å². The van der Waals surface area contributed by atoms with E-state index in [1.807, 2.05) is 13.8 Å². The van der Waals surface area contributed by atoms with E-state index >= 15 is 0 Å². The normalized spacial score (nSPS) is 19.6. The van der Waals surface area contributed by atoms with E-state index in [1.54, 1.807) is 0 Å². The second-order valence-electron chi connectivity index (χ2n) is 9.70. The van der Waals surface area contributed by atoms with Crippen LogP contribution in [0.15, 0.2) is 48.5 Å². The minimum Gasteiger partial charge on any atom is -0.340 e. The number of hydrogen-bond donors (Lipinski definition) is 0. The summed E-state index contributed by atoms with van der Waals surface area (Å²) in [4.78, 5) is 17.5. The summed E-state index contributed by atoms with van der Waals surface area (Å²) in [5.74, 6) is 1.21. The van der Waals surface area contributed by atoms with Crippen LogP contribution in [0.1, 0.15) is 55.9 Å². The molecular weight excluding hydrogens is 368 g/mol. The molecule has 1 heterocycles. The fraction of sp³-hybridized carbons (Fsp3) is 0.519. The minimum absolute atomic E-state index is 0.0373. The summed E-state index contributed by atoms with van der Waals surface area (Å²) in [7, 11) is 0. The van der Waals surface area contributed by atoms with E-state index < -0.39 is 0 Å². The standard InChI is InChI=1S/C27H38N2O/c1-19(2)27(30)29(20(3)4)17-25-16-28(15-23-11-7-21(5)8-12-23)18-26(25)24-13-9-22(6)10-14-24/h7-14,19-20,25-26H,15-18H2,1-6H3. The molecule has 1 fully saturated rings. The molecule has 0 bridgehead atoms. The summed E-state index contributed by atoms with van der Waals surface area (Å²) in [5.41, 5.74) is 5.36. The van der Waals surface area contributed by atoms with Gasteiger partial charge >= 0.3 is 0 Å². The number of benzene rings is 2.